The van der Waals surface area contributed by atoms with Gasteiger partial charge in [0.25, 0.3) is 11.7 Å². The zero-order valence-electron chi connectivity index (χ0n) is 12.0. The van der Waals surface area contributed by atoms with Crippen LogP contribution in [0.1, 0.15) is 10.4 Å². The van der Waals surface area contributed by atoms with Crippen molar-refractivity contribution in [1.29, 1.82) is 0 Å². The number of anilines is 1. The third-order valence-electron chi connectivity index (χ3n) is 2.64. The first-order valence-corrected chi connectivity index (χ1v) is 7.83. The number of amides is 1. The van der Waals surface area contributed by atoms with Gasteiger partial charge in [0.2, 0.25) is 0 Å². The predicted molar refractivity (Wildman–Crippen MR) is 86.5 cm³/mol. The Morgan fingerprint density at radius 2 is 1.92 bits per heavy atom. The number of aromatic nitrogens is 1. The molecule has 0 spiro atoms. The summed E-state index contributed by atoms with van der Waals surface area (Å²) in [4.78, 5) is 27.6. The lowest BCUT2D eigenvalue weighted by molar-refractivity contribution is -0.119. The van der Waals surface area contributed by atoms with Crippen molar-refractivity contribution in [2.45, 2.75) is 10.7 Å². The highest BCUT2D eigenvalue weighted by molar-refractivity contribution is 7.99. The summed E-state index contributed by atoms with van der Waals surface area (Å²) in [5.74, 6) is -3.56. The topological polar surface area (TPSA) is 68.3 Å². The molecule has 0 aliphatic rings. The molecule has 24 heavy (non-hydrogen) atoms. The van der Waals surface area contributed by atoms with Crippen LogP contribution in [0.4, 0.5) is 14.6 Å². The number of pyridine rings is 1. The number of benzene rings is 1. The number of rotatable bonds is 6. The van der Waals surface area contributed by atoms with E-state index in [-0.39, 0.29) is 11.4 Å². The van der Waals surface area contributed by atoms with Gasteiger partial charge < -0.3 is 10.1 Å². The van der Waals surface area contributed by atoms with Crippen molar-refractivity contribution in [1.82, 2.24) is 4.98 Å². The van der Waals surface area contributed by atoms with E-state index in [1.54, 1.807) is 6.07 Å². The average molecular weight is 373 g/mol. The van der Waals surface area contributed by atoms with E-state index in [0.29, 0.717) is 21.7 Å². The Kier molecular flexibility index (Phi) is 6.51. The number of alkyl halides is 2. The van der Waals surface area contributed by atoms with Gasteiger partial charge >= 0.3 is 5.97 Å². The molecule has 2 aromatic rings. The number of halogens is 3. The Balaban J connectivity index is 1.83. The number of carbonyl (C=O) groups excluding carboxylic acids is 2. The summed E-state index contributed by atoms with van der Waals surface area (Å²) in [5.41, 5.74) is 0.158. The summed E-state index contributed by atoms with van der Waals surface area (Å²) >= 11 is 6.04. The SMILES string of the molecule is O=C(COC(=O)c1ccc(SC(F)F)cc1)Nc1ccc(Cl)cn1. The van der Waals surface area contributed by atoms with Crippen LogP contribution in [0.25, 0.3) is 0 Å². The summed E-state index contributed by atoms with van der Waals surface area (Å²) in [7, 11) is 0. The van der Waals surface area contributed by atoms with Crippen molar-refractivity contribution in [2.75, 3.05) is 11.9 Å². The van der Waals surface area contributed by atoms with Crippen molar-refractivity contribution in [3.63, 3.8) is 0 Å². The molecule has 1 aromatic carbocycles. The molecule has 0 saturated carbocycles. The van der Waals surface area contributed by atoms with Gasteiger partial charge in [0, 0.05) is 11.1 Å². The molecular weight excluding hydrogens is 362 g/mol. The molecule has 0 bridgehead atoms. The lowest BCUT2D eigenvalue weighted by atomic mass is 10.2. The Morgan fingerprint density at radius 1 is 1.21 bits per heavy atom. The zero-order chi connectivity index (χ0) is 17.5. The quantitative estimate of drug-likeness (QED) is 0.616. The molecule has 0 fully saturated rings. The van der Waals surface area contributed by atoms with Gasteiger partial charge in [-0.05, 0) is 36.4 Å². The Hall–Kier alpha value is -2.19. The van der Waals surface area contributed by atoms with Gasteiger partial charge in [-0.2, -0.15) is 8.78 Å². The largest absolute Gasteiger partial charge is 0.452 e. The van der Waals surface area contributed by atoms with Gasteiger partial charge in [0.15, 0.2) is 6.61 Å². The lowest BCUT2D eigenvalue weighted by Gasteiger charge is -2.06. The van der Waals surface area contributed by atoms with Gasteiger partial charge in [-0.3, -0.25) is 4.79 Å². The smallest absolute Gasteiger partial charge is 0.338 e. The third kappa shape index (κ3) is 5.78. The highest BCUT2D eigenvalue weighted by Gasteiger charge is 2.12. The van der Waals surface area contributed by atoms with E-state index >= 15 is 0 Å². The Morgan fingerprint density at radius 3 is 2.50 bits per heavy atom. The molecule has 2 rings (SSSR count). The van der Waals surface area contributed by atoms with Gasteiger partial charge in [0.1, 0.15) is 5.82 Å². The number of thioether (sulfide) groups is 1. The molecule has 1 amide bonds. The number of nitrogens with one attached hydrogen (secondary N) is 1. The first-order chi connectivity index (χ1) is 11.4. The summed E-state index contributed by atoms with van der Waals surface area (Å²) in [6, 6.07) is 8.52. The Bertz CT molecular complexity index is 712. The minimum absolute atomic E-state index is 0.158. The minimum Gasteiger partial charge on any atom is -0.452 e. The molecule has 1 aromatic heterocycles. The maximum atomic E-state index is 12.2. The number of hydrogen-bond acceptors (Lipinski definition) is 5. The van der Waals surface area contributed by atoms with E-state index < -0.39 is 24.2 Å². The number of nitrogens with zero attached hydrogens (tertiary/aromatic N) is 1. The van der Waals surface area contributed by atoms with Crippen LogP contribution >= 0.6 is 23.4 Å². The van der Waals surface area contributed by atoms with Crippen LogP contribution in [0.15, 0.2) is 47.5 Å². The van der Waals surface area contributed by atoms with Crippen molar-refractivity contribution in [2.24, 2.45) is 0 Å². The molecular formula is C15H11ClF2N2O3S. The normalized spacial score (nSPS) is 10.5. The standard InChI is InChI=1S/C15H11ClF2N2O3S/c16-10-3-6-12(19-7-10)20-13(21)8-23-14(22)9-1-4-11(5-2-9)24-15(17)18/h1-7,15H,8H2,(H,19,20,21). The fourth-order valence-electron chi connectivity index (χ4n) is 1.62. The average Bonchev–Trinajstić information content (AvgIpc) is 2.55. The molecule has 0 radical (unpaired) electrons. The molecule has 126 valence electrons. The molecule has 9 heteroatoms. The third-order valence-corrected chi connectivity index (χ3v) is 3.59. The summed E-state index contributed by atoms with van der Waals surface area (Å²) in [6.45, 7) is -0.503. The van der Waals surface area contributed by atoms with E-state index in [1.807, 2.05) is 0 Å². The van der Waals surface area contributed by atoms with Crippen LogP contribution in [0.3, 0.4) is 0 Å². The van der Waals surface area contributed by atoms with Crippen molar-refractivity contribution < 1.29 is 23.1 Å². The van der Waals surface area contributed by atoms with E-state index in [1.165, 1.54) is 36.5 Å². The van der Waals surface area contributed by atoms with E-state index in [9.17, 15) is 18.4 Å². The first-order valence-electron chi connectivity index (χ1n) is 6.57. The van der Waals surface area contributed by atoms with Gasteiger partial charge in [-0.25, -0.2) is 9.78 Å². The molecule has 0 aliphatic carbocycles. The highest BCUT2D eigenvalue weighted by atomic mass is 35.5. The molecule has 0 unspecified atom stereocenters. The maximum Gasteiger partial charge on any atom is 0.338 e. The van der Waals surface area contributed by atoms with Crippen molar-refractivity contribution >= 4 is 41.1 Å². The summed E-state index contributed by atoms with van der Waals surface area (Å²) < 4.78 is 29.3. The molecule has 1 heterocycles. The van der Waals surface area contributed by atoms with Crippen LogP contribution in [-0.4, -0.2) is 29.2 Å². The number of esters is 1. The second-order valence-corrected chi connectivity index (χ2v) is 5.89. The molecule has 0 aliphatic heterocycles. The minimum atomic E-state index is -2.53. The fraction of sp³-hybridized carbons (Fsp3) is 0.133. The van der Waals surface area contributed by atoms with Crippen LogP contribution in [0.5, 0.6) is 0 Å². The highest BCUT2D eigenvalue weighted by Crippen LogP contribution is 2.25. The summed E-state index contributed by atoms with van der Waals surface area (Å²) in [6.07, 6.45) is 1.36. The van der Waals surface area contributed by atoms with Crippen molar-refractivity contribution in [3.8, 4) is 0 Å². The second-order valence-electron chi connectivity index (χ2n) is 4.39. The number of hydrogen-bond donors (Lipinski definition) is 1. The van der Waals surface area contributed by atoms with E-state index in [2.05, 4.69) is 10.3 Å². The molecule has 1 N–H and O–H groups in total. The molecule has 0 atom stereocenters. The summed E-state index contributed by atoms with van der Waals surface area (Å²) in [5, 5.41) is 2.86. The van der Waals surface area contributed by atoms with Gasteiger partial charge in [-0.1, -0.05) is 23.4 Å². The van der Waals surface area contributed by atoms with Gasteiger partial charge in [-0.15, -0.1) is 0 Å². The van der Waals surface area contributed by atoms with E-state index in [4.69, 9.17) is 16.3 Å². The lowest BCUT2D eigenvalue weighted by Crippen LogP contribution is -2.21. The first kappa shape index (κ1) is 18.2. The van der Waals surface area contributed by atoms with Crippen LogP contribution < -0.4 is 5.32 Å². The Labute approximate surface area is 145 Å². The predicted octanol–water partition coefficient (Wildman–Crippen LogP) is 3.85. The van der Waals surface area contributed by atoms with Gasteiger partial charge in [0.05, 0.1) is 10.6 Å². The van der Waals surface area contributed by atoms with Crippen molar-refractivity contribution in [3.05, 3.63) is 53.2 Å². The number of ether oxygens (including phenoxy) is 1. The van der Waals surface area contributed by atoms with E-state index in [0.717, 1.165) is 0 Å². The fourth-order valence-corrected chi connectivity index (χ4v) is 2.23. The molecule has 0 saturated heterocycles. The van der Waals surface area contributed by atoms with Crippen LogP contribution in [-0.2, 0) is 9.53 Å². The monoisotopic (exact) mass is 372 g/mol. The zero-order valence-corrected chi connectivity index (χ0v) is 13.6. The number of carbonyl (C=O) groups is 2. The van der Waals surface area contributed by atoms with Crippen LogP contribution in [0, 0.1) is 0 Å². The maximum absolute atomic E-state index is 12.2. The molecule has 5 nitrogen and oxygen atoms in total. The second kappa shape index (κ2) is 8.60. The van der Waals surface area contributed by atoms with Crippen LogP contribution in [0.2, 0.25) is 5.02 Å².